The first-order chi connectivity index (χ1) is 17.9. The fourth-order valence-corrected chi connectivity index (χ4v) is 5.09. The van der Waals surface area contributed by atoms with Crippen LogP contribution in [0.1, 0.15) is 30.1 Å². The number of hydrogen-bond donors (Lipinski definition) is 1. The summed E-state index contributed by atoms with van der Waals surface area (Å²) in [7, 11) is 5.02. The SMILES string of the molecule is COc1ccc(N2C(=O)CC[C@H](C(=O)Nc3cnc4c(c3)c(C)nn4C)[C@H]2c2ccccc2OC)cc1. The number of amides is 2. The quantitative estimate of drug-likeness (QED) is 0.422. The number of hydrogen-bond acceptors (Lipinski definition) is 6. The number of fused-ring (bicyclic) bond motifs is 1. The highest BCUT2D eigenvalue weighted by molar-refractivity contribution is 6.01. The molecule has 1 fully saturated rings. The minimum Gasteiger partial charge on any atom is -0.497 e. The maximum absolute atomic E-state index is 13.8. The molecule has 37 heavy (non-hydrogen) atoms. The molecule has 0 spiro atoms. The second-order valence-corrected chi connectivity index (χ2v) is 9.09. The minimum atomic E-state index is -0.567. The van der Waals surface area contributed by atoms with Crippen molar-refractivity contribution in [3.05, 3.63) is 72.1 Å². The van der Waals surface area contributed by atoms with E-state index in [2.05, 4.69) is 15.4 Å². The molecule has 0 bridgehead atoms. The van der Waals surface area contributed by atoms with Crippen LogP contribution in [0.15, 0.2) is 60.8 Å². The number of para-hydroxylation sites is 1. The lowest BCUT2D eigenvalue weighted by molar-refractivity contribution is -0.125. The van der Waals surface area contributed by atoms with E-state index >= 15 is 0 Å². The van der Waals surface area contributed by atoms with Crippen molar-refractivity contribution >= 4 is 34.2 Å². The number of nitrogens with zero attached hydrogens (tertiary/aromatic N) is 4. The van der Waals surface area contributed by atoms with Crippen molar-refractivity contribution in [2.24, 2.45) is 13.0 Å². The number of methoxy groups -OCH3 is 2. The molecule has 4 aromatic rings. The molecule has 1 N–H and O–H groups in total. The van der Waals surface area contributed by atoms with Gasteiger partial charge in [-0.15, -0.1) is 0 Å². The van der Waals surface area contributed by atoms with Crippen molar-refractivity contribution in [1.82, 2.24) is 14.8 Å². The number of anilines is 2. The Balaban J connectivity index is 1.54. The highest BCUT2D eigenvalue weighted by Crippen LogP contribution is 2.43. The summed E-state index contributed by atoms with van der Waals surface area (Å²) in [5.41, 5.74) is 3.62. The summed E-state index contributed by atoms with van der Waals surface area (Å²) in [5, 5.41) is 8.33. The van der Waals surface area contributed by atoms with Gasteiger partial charge in [0, 0.05) is 30.1 Å². The monoisotopic (exact) mass is 499 g/mol. The number of carbonyl (C=O) groups excluding carboxylic acids is 2. The minimum absolute atomic E-state index is 0.0563. The van der Waals surface area contributed by atoms with E-state index in [0.29, 0.717) is 29.3 Å². The second kappa shape index (κ2) is 9.93. The zero-order chi connectivity index (χ0) is 26.1. The van der Waals surface area contributed by atoms with Crippen LogP contribution >= 0.6 is 0 Å². The van der Waals surface area contributed by atoms with Crippen molar-refractivity contribution in [2.75, 3.05) is 24.4 Å². The zero-order valence-corrected chi connectivity index (χ0v) is 21.3. The Kier molecular flexibility index (Phi) is 6.52. The molecule has 9 nitrogen and oxygen atoms in total. The van der Waals surface area contributed by atoms with Gasteiger partial charge in [0.1, 0.15) is 11.5 Å². The third-order valence-corrected chi connectivity index (χ3v) is 6.87. The Hall–Kier alpha value is -4.40. The van der Waals surface area contributed by atoms with Crippen LogP contribution < -0.4 is 19.7 Å². The first-order valence-electron chi connectivity index (χ1n) is 12.1. The molecule has 1 aliphatic heterocycles. The normalized spacial score (nSPS) is 17.6. The summed E-state index contributed by atoms with van der Waals surface area (Å²) in [6.07, 6.45) is 2.28. The van der Waals surface area contributed by atoms with Crippen LogP contribution in [-0.4, -0.2) is 40.8 Å². The third kappa shape index (κ3) is 4.48. The largest absolute Gasteiger partial charge is 0.497 e. The van der Waals surface area contributed by atoms with Crippen molar-refractivity contribution < 1.29 is 19.1 Å². The maximum atomic E-state index is 13.8. The van der Waals surface area contributed by atoms with Gasteiger partial charge in [-0.2, -0.15) is 5.10 Å². The average molecular weight is 500 g/mol. The molecule has 9 heteroatoms. The van der Waals surface area contributed by atoms with Crippen LogP contribution in [-0.2, 0) is 16.6 Å². The average Bonchev–Trinajstić information content (AvgIpc) is 3.20. The smallest absolute Gasteiger partial charge is 0.229 e. The van der Waals surface area contributed by atoms with Crippen LogP contribution in [0.3, 0.4) is 0 Å². The molecule has 2 atom stereocenters. The Morgan fingerprint density at radius 2 is 1.84 bits per heavy atom. The van der Waals surface area contributed by atoms with E-state index in [-0.39, 0.29) is 18.2 Å². The number of aromatic nitrogens is 3. The number of aryl methyl sites for hydroxylation is 2. The second-order valence-electron chi connectivity index (χ2n) is 9.09. The van der Waals surface area contributed by atoms with Gasteiger partial charge in [0.2, 0.25) is 11.8 Å². The molecular formula is C28H29N5O4. The third-order valence-electron chi connectivity index (χ3n) is 6.87. The number of nitrogens with one attached hydrogen (secondary N) is 1. The molecule has 2 aromatic heterocycles. The summed E-state index contributed by atoms with van der Waals surface area (Å²) < 4.78 is 12.7. The van der Waals surface area contributed by atoms with Crippen molar-refractivity contribution in [2.45, 2.75) is 25.8 Å². The van der Waals surface area contributed by atoms with Gasteiger partial charge in [0.25, 0.3) is 0 Å². The van der Waals surface area contributed by atoms with Crippen molar-refractivity contribution in [1.29, 1.82) is 0 Å². The van der Waals surface area contributed by atoms with Crippen LogP contribution in [0.4, 0.5) is 11.4 Å². The van der Waals surface area contributed by atoms with E-state index in [9.17, 15) is 9.59 Å². The molecule has 190 valence electrons. The number of ether oxygens (including phenoxy) is 2. The molecule has 1 saturated heterocycles. The van der Waals surface area contributed by atoms with Crippen LogP contribution in [0.25, 0.3) is 11.0 Å². The lowest BCUT2D eigenvalue weighted by atomic mass is 9.82. The highest BCUT2D eigenvalue weighted by atomic mass is 16.5. The van der Waals surface area contributed by atoms with Gasteiger partial charge < -0.3 is 19.7 Å². The lowest BCUT2D eigenvalue weighted by Crippen LogP contribution is -2.47. The Labute approximate surface area is 215 Å². The summed E-state index contributed by atoms with van der Waals surface area (Å²) in [4.78, 5) is 33.3. The molecule has 5 rings (SSSR count). The van der Waals surface area contributed by atoms with Gasteiger partial charge in [-0.25, -0.2) is 4.98 Å². The fourth-order valence-electron chi connectivity index (χ4n) is 5.09. The first-order valence-corrected chi connectivity index (χ1v) is 12.1. The summed E-state index contributed by atoms with van der Waals surface area (Å²) in [5.74, 6) is 0.531. The summed E-state index contributed by atoms with van der Waals surface area (Å²) in [6.45, 7) is 1.91. The van der Waals surface area contributed by atoms with Crippen molar-refractivity contribution in [3.8, 4) is 11.5 Å². The number of rotatable bonds is 6. The predicted molar refractivity (Wildman–Crippen MR) is 141 cm³/mol. The van der Waals surface area contributed by atoms with Crippen LogP contribution in [0.5, 0.6) is 11.5 Å². The van der Waals surface area contributed by atoms with Gasteiger partial charge in [-0.3, -0.25) is 14.3 Å². The van der Waals surface area contributed by atoms with Gasteiger partial charge in [-0.1, -0.05) is 18.2 Å². The van der Waals surface area contributed by atoms with Crippen LogP contribution in [0.2, 0.25) is 0 Å². The van der Waals surface area contributed by atoms with Crippen LogP contribution in [0, 0.1) is 12.8 Å². The number of pyridine rings is 1. The van der Waals surface area contributed by atoms with Gasteiger partial charge in [0.15, 0.2) is 5.65 Å². The van der Waals surface area contributed by atoms with Gasteiger partial charge in [0.05, 0.1) is 43.8 Å². The zero-order valence-electron chi connectivity index (χ0n) is 21.3. The number of benzene rings is 2. The maximum Gasteiger partial charge on any atom is 0.229 e. The standard InChI is InChI=1S/C28H29N5O4/c1-17-23-15-18(16-29-27(23)32(2)31-17)30-28(35)22-13-14-25(34)33(19-9-11-20(36-3)12-10-19)26(22)21-7-5-6-8-24(21)37-4/h5-12,15-16,22,26H,13-14H2,1-4H3,(H,30,35)/t22-,26+/m0/s1. The van der Waals surface area contributed by atoms with E-state index in [1.54, 1.807) is 30.0 Å². The number of piperidine rings is 1. The predicted octanol–water partition coefficient (Wildman–Crippen LogP) is 4.42. The fraction of sp³-hybridized carbons (Fsp3) is 0.286. The molecule has 0 radical (unpaired) electrons. The topological polar surface area (TPSA) is 98.6 Å². The van der Waals surface area contributed by atoms with Gasteiger partial charge in [-0.05, 0) is 49.7 Å². The molecule has 2 aromatic carbocycles. The number of carbonyl (C=O) groups is 2. The van der Waals surface area contributed by atoms with E-state index in [1.165, 1.54) is 0 Å². The van der Waals surface area contributed by atoms with Gasteiger partial charge >= 0.3 is 0 Å². The Morgan fingerprint density at radius 3 is 2.57 bits per heavy atom. The summed E-state index contributed by atoms with van der Waals surface area (Å²) in [6, 6.07) is 16.1. The highest BCUT2D eigenvalue weighted by Gasteiger charge is 2.42. The van der Waals surface area contributed by atoms with E-state index < -0.39 is 12.0 Å². The Bertz CT molecular complexity index is 1460. The molecule has 0 unspecified atom stereocenters. The molecule has 0 aliphatic carbocycles. The Morgan fingerprint density at radius 1 is 1.08 bits per heavy atom. The molecule has 0 saturated carbocycles. The van der Waals surface area contributed by atoms with E-state index in [0.717, 1.165) is 22.3 Å². The molecule has 2 amide bonds. The van der Waals surface area contributed by atoms with Crippen molar-refractivity contribution in [3.63, 3.8) is 0 Å². The summed E-state index contributed by atoms with van der Waals surface area (Å²) >= 11 is 0. The molecular weight excluding hydrogens is 470 g/mol. The molecule has 1 aliphatic rings. The molecule has 3 heterocycles. The van der Waals surface area contributed by atoms with E-state index in [1.807, 2.05) is 68.6 Å². The lowest BCUT2D eigenvalue weighted by Gasteiger charge is -2.41. The first kappa shape index (κ1) is 24.3. The van der Waals surface area contributed by atoms with E-state index in [4.69, 9.17) is 9.47 Å².